The van der Waals surface area contributed by atoms with E-state index >= 15 is 0 Å². The lowest BCUT2D eigenvalue weighted by molar-refractivity contribution is 0.129. The smallest absolute Gasteiger partial charge is 0.165 e. The molecule has 0 aromatic heterocycles. The van der Waals surface area contributed by atoms with Gasteiger partial charge in [0.15, 0.2) is 11.6 Å². The van der Waals surface area contributed by atoms with E-state index in [1.807, 2.05) is 0 Å². The molecule has 0 amide bonds. The van der Waals surface area contributed by atoms with Crippen LogP contribution in [0, 0.1) is 35.3 Å². The molecule has 0 heterocycles. The Morgan fingerprint density at radius 3 is 2.15 bits per heavy atom. The van der Waals surface area contributed by atoms with Crippen molar-refractivity contribution in [2.45, 2.75) is 58.3 Å². The van der Waals surface area contributed by atoms with E-state index in [9.17, 15) is 8.78 Å². The standard InChI is InChI=1S/C29H36F2O2/c1-3-20-5-9-22(10-6-20)23-11-7-21(8-12-23)19-33-25-14-15-26(27(30)18-25)24-13-16-29(32-4-2)28(31)17-24/h3,13-18,20-23H,1,4-12,19H2,2H3. The summed E-state index contributed by atoms with van der Waals surface area (Å²) < 4.78 is 40.1. The molecule has 2 nitrogen and oxygen atoms in total. The molecule has 0 radical (unpaired) electrons. The molecule has 0 spiro atoms. The van der Waals surface area contributed by atoms with Crippen LogP contribution in [0.2, 0.25) is 0 Å². The third-order valence-corrected chi connectivity index (χ3v) is 7.68. The van der Waals surface area contributed by atoms with Crippen molar-refractivity contribution in [3.05, 3.63) is 60.7 Å². The van der Waals surface area contributed by atoms with Crippen LogP contribution >= 0.6 is 0 Å². The molecule has 0 aliphatic heterocycles. The molecule has 2 aliphatic rings. The monoisotopic (exact) mass is 454 g/mol. The van der Waals surface area contributed by atoms with Gasteiger partial charge >= 0.3 is 0 Å². The quantitative estimate of drug-likeness (QED) is 0.374. The summed E-state index contributed by atoms with van der Waals surface area (Å²) in [5, 5.41) is 0. The van der Waals surface area contributed by atoms with Crippen LogP contribution in [0.1, 0.15) is 58.3 Å². The van der Waals surface area contributed by atoms with Gasteiger partial charge in [-0.25, -0.2) is 8.78 Å². The van der Waals surface area contributed by atoms with Gasteiger partial charge in [0.05, 0.1) is 13.2 Å². The van der Waals surface area contributed by atoms with Gasteiger partial charge in [0.2, 0.25) is 0 Å². The molecular formula is C29H36F2O2. The minimum atomic E-state index is -0.488. The Morgan fingerprint density at radius 1 is 0.848 bits per heavy atom. The summed E-state index contributed by atoms with van der Waals surface area (Å²) in [6, 6.07) is 9.38. The molecule has 4 heteroatoms. The largest absolute Gasteiger partial charge is 0.493 e. The van der Waals surface area contributed by atoms with Crippen LogP contribution in [-0.2, 0) is 0 Å². The molecule has 2 fully saturated rings. The Labute approximate surface area is 197 Å². The summed E-state index contributed by atoms with van der Waals surface area (Å²) in [7, 11) is 0. The van der Waals surface area contributed by atoms with Crippen molar-refractivity contribution in [1.29, 1.82) is 0 Å². The van der Waals surface area contributed by atoms with Crippen molar-refractivity contribution in [1.82, 2.24) is 0 Å². The molecule has 0 bridgehead atoms. The van der Waals surface area contributed by atoms with Gasteiger partial charge in [-0.2, -0.15) is 0 Å². The fraction of sp³-hybridized carbons (Fsp3) is 0.517. The predicted molar refractivity (Wildman–Crippen MR) is 130 cm³/mol. The number of hydrogen-bond donors (Lipinski definition) is 0. The third kappa shape index (κ3) is 5.96. The first-order valence-electron chi connectivity index (χ1n) is 12.5. The highest BCUT2D eigenvalue weighted by Crippen LogP contribution is 2.41. The van der Waals surface area contributed by atoms with Crippen molar-refractivity contribution in [3.8, 4) is 22.6 Å². The van der Waals surface area contributed by atoms with E-state index in [2.05, 4.69) is 12.7 Å². The number of hydrogen-bond acceptors (Lipinski definition) is 2. The zero-order valence-corrected chi connectivity index (χ0v) is 19.7. The second kappa shape index (κ2) is 11.2. The molecule has 2 aromatic rings. The topological polar surface area (TPSA) is 18.5 Å². The zero-order valence-electron chi connectivity index (χ0n) is 19.7. The number of ether oxygens (including phenoxy) is 2. The Morgan fingerprint density at radius 2 is 1.55 bits per heavy atom. The van der Waals surface area contributed by atoms with Gasteiger partial charge in [-0.1, -0.05) is 12.1 Å². The summed E-state index contributed by atoms with van der Waals surface area (Å²) >= 11 is 0. The summed E-state index contributed by atoms with van der Waals surface area (Å²) in [5.41, 5.74) is 0.844. The van der Waals surface area contributed by atoms with E-state index in [0.717, 1.165) is 17.8 Å². The van der Waals surface area contributed by atoms with Crippen molar-refractivity contribution < 1.29 is 18.3 Å². The second-order valence-electron chi connectivity index (χ2n) is 9.72. The molecule has 33 heavy (non-hydrogen) atoms. The second-order valence-corrected chi connectivity index (χ2v) is 9.72. The third-order valence-electron chi connectivity index (χ3n) is 7.68. The summed E-state index contributed by atoms with van der Waals surface area (Å²) in [6.45, 7) is 6.77. The van der Waals surface area contributed by atoms with Gasteiger partial charge in [0.1, 0.15) is 11.6 Å². The first kappa shape index (κ1) is 23.8. The molecule has 0 atom stereocenters. The van der Waals surface area contributed by atoms with Gasteiger partial charge < -0.3 is 9.47 Å². The van der Waals surface area contributed by atoms with E-state index in [-0.39, 0.29) is 5.75 Å². The summed E-state index contributed by atoms with van der Waals surface area (Å²) in [6.07, 6.45) is 12.4. The molecule has 0 unspecified atom stereocenters. The van der Waals surface area contributed by atoms with E-state index in [1.54, 1.807) is 31.2 Å². The van der Waals surface area contributed by atoms with Crippen molar-refractivity contribution in [2.75, 3.05) is 13.2 Å². The maximum Gasteiger partial charge on any atom is 0.165 e. The lowest BCUT2D eigenvalue weighted by Gasteiger charge is -2.37. The number of rotatable bonds is 8. The summed E-state index contributed by atoms with van der Waals surface area (Å²) in [5.74, 6) is 2.83. The highest BCUT2D eigenvalue weighted by atomic mass is 19.1. The van der Waals surface area contributed by atoms with Crippen LogP contribution in [-0.4, -0.2) is 13.2 Å². The minimum absolute atomic E-state index is 0.181. The molecule has 2 aromatic carbocycles. The van der Waals surface area contributed by atoms with E-state index < -0.39 is 11.6 Å². The Bertz CT molecular complexity index is 925. The first-order valence-corrected chi connectivity index (χ1v) is 12.5. The highest BCUT2D eigenvalue weighted by molar-refractivity contribution is 5.66. The Kier molecular flexibility index (Phi) is 8.06. The average molecular weight is 455 g/mol. The number of allylic oxidation sites excluding steroid dienone is 1. The number of halogens is 2. The normalized spacial score (nSPS) is 25.4. The molecule has 2 saturated carbocycles. The zero-order chi connectivity index (χ0) is 23.2. The van der Waals surface area contributed by atoms with E-state index in [0.29, 0.717) is 36.0 Å². The van der Waals surface area contributed by atoms with Gasteiger partial charge in [-0.3, -0.25) is 0 Å². The first-order chi connectivity index (χ1) is 16.1. The van der Waals surface area contributed by atoms with Crippen LogP contribution < -0.4 is 9.47 Å². The van der Waals surface area contributed by atoms with Crippen LogP contribution in [0.15, 0.2) is 49.1 Å². The fourth-order valence-electron chi connectivity index (χ4n) is 5.65. The lowest BCUT2D eigenvalue weighted by atomic mass is 9.69. The van der Waals surface area contributed by atoms with Crippen molar-refractivity contribution in [3.63, 3.8) is 0 Å². The number of benzene rings is 2. The Balaban J connectivity index is 1.27. The maximum atomic E-state index is 14.8. The molecule has 0 saturated heterocycles. The van der Waals surface area contributed by atoms with Gasteiger partial charge in [-0.05, 0) is 112 Å². The molecule has 178 valence electrons. The molecular weight excluding hydrogens is 418 g/mol. The Hall–Kier alpha value is -2.36. The molecule has 4 rings (SSSR count). The summed E-state index contributed by atoms with van der Waals surface area (Å²) in [4.78, 5) is 0. The molecule has 0 N–H and O–H groups in total. The average Bonchev–Trinajstić information content (AvgIpc) is 2.85. The maximum absolute atomic E-state index is 14.8. The minimum Gasteiger partial charge on any atom is -0.493 e. The van der Waals surface area contributed by atoms with Gasteiger partial charge in [-0.15, -0.1) is 6.58 Å². The van der Waals surface area contributed by atoms with E-state index in [1.165, 1.54) is 63.5 Å². The molecule has 2 aliphatic carbocycles. The SMILES string of the molecule is C=CC1CCC(C2CCC(COc3ccc(-c4ccc(OCC)c(F)c4)c(F)c3)CC2)CC1. The van der Waals surface area contributed by atoms with Crippen molar-refractivity contribution >= 4 is 0 Å². The van der Waals surface area contributed by atoms with Gasteiger partial charge in [0.25, 0.3) is 0 Å². The van der Waals surface area contributed by atoms with Crippen molar-refractivity contribution in [2.24, 2.45) is 23.7 Å². The predicted octanol–water partition coefficient (Wildman–Crippen LogP) is 8.21. The van der Waals surface area contributed by atoms with E-state index in [4.69, 9.17) is 9.47 Å². The van der Waals surface area contributed by atoms with Crippen LogP contribution in [0.5, 0.6) is 11.5 Å². The van der Waals surface area contributed by atoms with Crippen LogP contribution in [0.4, 0.5) is 8.78 Å². The fourth-order valence-corrected chi connectivity index (χ4v) is 5.65. The van der Waals surface area contributed by atoms with Gasteiger partial charge in [0, 0.05) is 11.6 Å². The van der Waals surface area contributed by atoms with Crippen LogP contribution in [0.25, 0.3) is 11.1 Å². The lowest BCUT2D eigenvalue weighted by Crippen LogP contribution is -2.27. The van der Waals surface area contributed by atoms with Crippen LogP contribution in [0.3, 0.4) is 0 Å². The highest BCUT2D eigenvalue weighted by Gasteiger charge is 2.30.